The number of hydrogen-bond donors (Lipinski definition) is 0. The Labute approximate surface area is 142 Å². The summed E-state index contributed by atoms with van der Waals surface area (Å²) in [6.45, 7) is 4.04. The molecule has 2 amide bonds. The highest BCUT2D eigenvalue weighted by molar-refractivity contribution is 5.79. The lowest BCUT2D eigenvalue weighted by Gasteiger charge is -2.35. The summed E-state index contributed by atoms with van der Waals surface area (Å²) in [6.07, 6.45) is 1.11. The number of ether oxygens (including phenoxy) is 2. The maximum absolute atomic E-state index is 12.5. The Balaban J connectivity index is 1.42. The molecule has 2 heterocycles. The van der Waals surface area contributed by atoms with Crippen molar-refractivity contribution in [3.8, 4) is 0 Å². The van der Waals surface area contributed by atoms with E-state index < -0.39 is 0 Å². The summed E-state index contributed by atoms with van der Waals surface area (Å²) in [5.74, 6) is 0.219. The van der Waals surface area contributed by atoms with Gasteiger partial charge >= 0.3 is 6.09 Å². The molecule has 2 aliphatic rings. The first-order valence-corrected chi connectivity index (χ1v) is 8.56. The number of morpholine rings is 1. The van der Waals surface area contributed by atoms with Crippen LogP contribution < -0.4 is 0 Å². The van der Waals surface area contributed by atoms with Crippen molar-refractivity contribution in [1.82, 2.24) is 9.80 Å². The van der Waals surface area contributed by atoms with Crippen LogP contribution in [0.3, 0.4) is 0 Å². The van der Waals surface area contributed by atoms with Gasteiger partial charge in [0, 0.05) is 32.1 Å². The van der Waals surface area contributed by atoms with Gasteiger partial charge in [0.05, 0.1) is 13.2 Å². The Kier molecular flexibility index (Phi) is 5.69. The Morgan fingerprint density at radius 1 is 1.00 bits per heavy atom. The minimum atomic E-state index is -0.295. The number of amides is 2. The molecule has 0 atom stereocenters. The van der Waals surface area contributed by atoms with Crippen molar-refractivity contribution in [2.24, 2.45) is 5.92 Å². The number of likely N-dealkylation sites (tertiary alicyclic amines) is 1. The molecule has 3 rings (SSSR count). The molecule has 1 aromatic carbocycles. The smallest absolute Gasteiger partial charge is 0.410 e. The number of nitrogens with zero attached hydrogens (tertiary/aromatic N) is 2. The predicted molar refractivity (Wildman–Crippen MR) is 88.3 cm³/mol. The third-order valence-electron chi connectivity index (χ3n) is 4.63. The van der Waals surface area contributed by atoms with E-state index in [0.717, 1.165) is 5.56 Å². The van der Waals surface area contributed by atoms with Gasteiger partial charge in [0.2, 0.25) is 5.91 Å². The molecule has 24 heavy (non-hydrogen) atoms. The molecular weight excluding hydrogens is 308 g/mol. The van der Waals surface area contributed by atoms with E-state index in [-0.39, 0.29) is 24.5 Å². The van der Waals surface area contributed by atoms with Crippen LogP contribution in [-0.4, -0.2) is 61.2 Å². The first-order chi connectivity index (χ1) is 11.7. The molecule has 0 spiro atoms. The summed E-state index contributed by atoms with van der Waals surface area (Å²) < 4.78 is 10.6. The standard InChI is InChI=1S/C18H24N2O4/c21-17(19-10-12-23-13-11-19)16-6-8-20(9-7-16)18(22)24-14-15-4-2-1-3-5-15/h1-5,16H,6-14H2. The van der Waals surface area contributed by atoms with Gasteiger partial charge in [-0.2, -0.15) is 0 Å². The molecule has 2 fully saturated rings. The minimum absolute atomic E-state index is 0.0151. The Hall–Kier alpha value is -2.08. The van der Waals surface area contributed by atoms with Crippen molar-refractivity contribution >= 4 is 12.0 Å². The molecule has 0 N–H and O–H groups in total. The van der Waals surface area contributed by atoms with Crippen LogP contribution >= 0.6 is 0 Å². The number of benzene rings is 1. The van der Waals surface area contributed by atoms with E-state index in [1.54, 1.807) is 4.90 Å². The summed E-state index contributed by atoms with van der Waals surface area (Å²) in [7, 11) is 0. The van der Waals surface area contributed by atoms with Gasteiger partial charge in [0.25, 0.3) is 0 Å². The number of carbonyl (C=O) groups is 2. The normalized spacial score (nSPS) is 19.2. The lowest BCUT2D eigenvalue weighted by Crippen LogP contribution is -2.47. The molecule has 0 saturated carbocycles. The fourth-order valence-electron chi connectivity index (χ4n) is 3.16. The fraction of sp³-hybridized carbons (Fsp3) is 0.556. The lowest BCUT2D eigenvalue weighted by molar-refractivity contribution is -0.141. The Morgan fingerprint density at radius 3 is 2.33 bits per heavy atom. The average Bonchev–Trinajstić information content (AvgIpc) is 2.67. The first-order valence-electron chi connectivity index (χ1n) is 8.56. The number of carbonyl (C=O) groups excluding carboxylic acids is 2. The Bertz CT molecular complexity index is 549. The molecular formula is C18H24N2O4. The summed E-state index contributed by atoms with van der Waals surface area (Å²) in [6, 6.07) is 9.64. The minimum Gasteiger partial charge on any atom is -0.445 e. The molecule has 0 aromatic heterocycles. The van der Waals surface area contributed by atoms with E-state index in [9.17, 15) is 9.59 Å². The highest BCUT2D eigenvalue weighted by Gasteiger charge is 2.31. The van der Waals surface area contributed by atoms with E-state index in [2.05, 4.69) is 0 Å². The molecule has 0 aliphatic carbocycles. The maximum atomic E-state index is 12.5. The van der Waals surface area contributed by atoms with Crippen LogP contribution in [0.15, 0.2) is 30.3 Å². The second-order valence-electron chi connectivity index (χ2n) is 6.24. The first kappa shape index (κ1) is 16.8. The summed E-state index contributed by atoms with van der Waals surface area (Å²) in [5.41, 5.74) is 0.975. The van der Waals surface area contributed by atoms with E-state index >= 15 is 0 Å². The van der Waals surface area contributed by atoms with Crippen molar-refractivity contribution in [1.29, 1.82) is 0 Å². The summed E-state index contributed by atoms with van der Waals surface area (Å²) in [4.78, 5) is 28.2. The lowest BCUT2D eigenvalue weighted by atomic mass is 9.95. The van der Waals surface area contributed by atoms with Gasteiger partial charge in [-0.05, 0) is 18.4 Å². The van der Waals surface area contributed by atoms with Crippen LogP contribution in [0.4, 0.5) is 4.79 Å². The van der Waals surface area contributed by atoms with Crippen LogP contribution in [0, 0.1) is 5.92 Å². The highest BCUT2D eigenvalue weighted by Crippen LogP contribution is 2.21. The van der Waals surface area contributed by atoms with E-state index in [0.29, 0.717) is 52.2 Å². The predicted octanol–water partition coefficient (Wildman–Crippen LogP) is 1.89. The second-order valence-corrected chi connectivity index (χ2v) is 6.24. The van der Waals surface area contributed by atoms with Gasteiger partial charge in [0.15, 0.2) is 0 Å². The van der Waals surface area contributed by atoms with Crippen molar-refractivity contribution in [2.75, 3.05) is 39.4 Å². The molecule has 130 valence electrons. The third kappa shape index (κ3) is 4.26. The van der Waals surface area contributed by atoms with Crippen LogP contribution in [0.2, 0.25) is 0 Å². The van der Waals surface area contributed by atoms with Gasteiger partial charge < -0.3 is 19.3 Å². The number of hydrogen-bond acceptors (Lipinski definition) is 4. The molecule has 6 nitrogen and oxygen atoms in total. The largest absolute Gasteiger partial charge is 0.445 e. The Morgan fingerprint density at radius 2 is 1.67 bits per heavy atom. The van der Waals surface area contributed by atoms with Crippen molar-refractivity contribution in [3.63, 3.8) is 0 Å². The molecule has 2 aliphatic heterocycles. The summed E-state index contributed by atoms with van der Waals surface area (Å²) >= 11 is 0. The highest BCUT2D eigenvalue weighted by atomic mass is 16.6. The molecule has 2 saturated heterocycles. The summed E-state index contributed by atoms with van der Waals surface area (Å²) in [5, 5.41) is 0. The van der Waals surface area contributed by atoms with Gasteiger partial charge in [-0.25, -0.2) is 4.79 Å². The molecule has 0 unspecified atom stereocenters. The third-order valence-corrected chi connectivity index (χ3v) is 4.63. The molecule has 6 heteroatoms. The van der Waals surface area contributed by atoms with Crippen molar-refractivity contribution in [2.45, 2.75) is 19.4 Å². The number of rotatable bonds is 3. The monoisotopic (exact) mass is 332 g/mol. The maximum Gasteiger partial charge on any atom is 0.410 e. The van der Waals surface area contributed by atoms with Crippen LogP contribution in [0.5, 0.6) is 0 Å². The van der Waals surface area contributed by atoms with E-state index in [1.165, 1.54) is 0 Å². The van der Waals surface area contributed by atoms with Gasteiger partial charge in [-0.1, -0.05) is 30.3 Å². The number of piperidine rings is 1. The molecule has 1 aromatic rings. The zero-order chi connectivity index (χ0) is 16.8. The van der Waals surface area contributed by atoms with Gasteiger partial charge in [-0.3, -0.25) is 4.79 Å². The van der Waals surface area contributed by atoms with Crippen LogP contribution in [0.25, 0.3) is 0 Å². The SMILES string of the molecule is O=C(OCc1ccccc1)N1CCC(C(=O)N2CCOCC2)CC1. The van der Waals surface area contributed by atoms with Crippen LogP contribution in [-0.2, 0) is 20.9 Å². The molecule has 0 radical (unpaired) electrons. The van der Waals surface area contributed by atoms with E-state index in [1.807, 2.05) is 35.2 Å². The zero-order valence-corrected chi connectivity index (χ0v) is 13.9. The van der Waals surface area contributed by atoms with Gasteiger partial charge in [-0.15, -0.1) is 0 Å². The zero-order valence-electron chi connectivity index (χ0n) is 13.9. The fourth-order valence-corrected chi connectivity index (χ4v) is 3.16. The van der Waals surface area contributed by atoms with Gasteiger partial charge in [0.1, 0.15) is 6.61 Å². The quantitative estimate of drug-likeness (QED) is 0.848. The van der Waals surface area contributed by atoms with Crippen molar-refractivity contribution < 1.29 is 19.1 Å². The topological polar surface area (TPSA) is 59.1 Å². The van der Waals surface area contributed by atoms with E-state index in [4.69, 9.17) is 9.47 Å². The average molecular weight is 332 g/mol. The van der Waals surface area contributed by atoms with Crippen molar-refractivity contribution in [3.05, 3.63) is 35.9 Å². The molecule has 0 bridgehead atoms. The van der Waals surface area contributed by atoms with Crippen LogP contribution in [0.1, 0.15) is 18.4 Å². The second kappa shape index (κ2) is 8.15.